The Balaban J connectivity index is 1.16. The van der Waals surface area contributed by atoms with E-state index in [-0.39, 0.29) is 0 Å². The SMILES string of the molecule is c1ccc(N(c2ccccc2)c2ccc3c4cc5c(cc4n4c6ccccc6c2c34)c2cc3c(c4ccccc4n3-c3ccccc3)c3c4ccccc4n5c23)cc1. The van der Waals surface area contributed by atoms with Crippen LogP contribution in [0.15, 0.2) is 194 Å². The molecule has 0 N–H and O–H groups in total. The minimum Gasteiger partial charge on any atom is -0.310 e. The van der Waals surface area contributed by atoms with Gasteiger partial charge < -0.3 is 18.3 Å². The first-order chi connectivity index (χ1) is 28.8. The zero-order valence-electron chi connectivity index (χ0n) is 31.3. The second-order valence-corrected chi connectivity index (χ2v) is 15.7. The molecule has 14 aromatic rings. The van der Waals surface area contributed by atoms with E-state index in [1.807, 2.05) is 0 Å². The number of hydrogen-bond donors (Lipinski definition) is 0. The minimum atomic E-state index is 1.13. The topological polar surface area (TPSA) is 17.0 Å². The van der Waals surface area contributed by atoms with Gasteiger partial charge in [0.1, 0.15) is 0 Å². The highest BCUT2D eigenvalue weighted by Crippen LogP contribution is 2.51. The molecule has 0 amide bonds. The van der Waals surface area contributed by atoms with E-state index in [2.05, 4.69) is 212 Å². The lowest BCUT2D eigenvalue weighted by atomic mass is 10.0. The van der Waals surface area contributed by atoms with Gasteiger partial charge in [-0.2, -0.15) is 0 Å². The molecular weight excluding hydrogens is 705 g/mol. The Hall–Kier alpha value is -7.82. The first-order valence-corrected chi connectivity index (χ1v) is 20.0. The van der Waals surface area contributed by atoms with Crippen molar-refractivity contribution in [3.8, 4) is 5.69 Å². The van der Waals surface area contributed by atoms with Crippen molar-refractivity contribution in [2.45, 2.75) is 0 Å². The molecule has 0 fully saturated rings. The van der Waals surface area contributed by atoms with Crippen molar-refractivity contribution in [1.29, 1.82) is 0 Å². The van der Waals surface area contributed by atoms with Crippen LogP contribution in [0.4, 0.5) is 17.1 Å². The number of nitrogens with zero attached hydrogens (tertiary/aromatic N) is 4. The fraction of sp³-hybridized carbons (Fsp3) is 0. The van der Waals surface area contributed by atoms with Crippen LogP contribution in [-0.4, -0.2) is 13.4 Å². The van der Waals surface area contributed by atoms with Crippen LogP contribution < -0.4 is 4.90 Å². The number of aromatic nitrogens is 3. The predicted molar refractivity (Wildman–Crippen MR) is 245 cm³/mol. The van der Waals surface area contributed by atoms with Crippen LogP contribution in [0.2, 0.25) is 0 Å². The summed E-state index contributed by atoms with van der Waals surface area (Å²) in [6.45, 7) is 0. The van der Waals surface area contributed by atoms with E-state index in [9.17, 15) is 0 Å². The highest BCUT2D eigenvalue weighted by atomic mass is 15.1. The van der Waals surface area contributed by atoms with Crippen molar-refractivity contribution in [2.75, 3.05) is 4.90 Å². The second kappa shape index (κ2) is 10.9. The molecule has 4 nitrogen and oxygen atoms in total. The van der Waals surface area contributed by atoms with Crippen LogP contribution >= 0.6 is 0 Å². The number of anilines is 3. The van der Waals surface area contributed by atoms with Crippen LogP contribution in [0.25, 0.3) is 104 Å². The normalized spacial score (nSPS) is 12.5. The highest BCUT2D eigenvalue weighted by Gasteiger charge is 2.27. The molecule has 0 spiro atoms. The lowest BCUT2D eigenvalue weighted by molar-refractivity contribution is 1.18. The van der Waals surface area contributed by atoms with Gasteiger partial charge in [-0.25, -0.2) is 0 Å². The molecule has 0 bridgehead atoms. The molecule has 268 valence electrons. The first kappa shape index (κ1) is 30.4. The average Bonchev–Trinajstić information content (AvgIpc) is 4.07. The van der Waals surface area contributed by atoms with Gasteiger partial charge in [0.25, 0.3) is 0 Å². The maximum atomic E-state index is 2.55. The lowest BCUT2D eigenvalue weighted by Gasteiger charge is -2.26. The third-order valence-electron chi connectivity index (χ3n) is 12.8. The second-order valence-electron chi connectivity index (χ2n) is 15.7. The van der Waals surface area contributed by atoms with E-state index in [1.165, 1.54) is 109 Å². The fourth-order valence-corrected chi connectivity index (χ4v) is 10.6. The van der Waals surface area contributed by atoms with Crippen LogP contribution in [0.3, 0.4) is 0 Å². The van der Waals surface area contributed by atoms with Crippen LogP contribution in [0, 0.1) is 0 Å². The van der Waals surface area contributed by atoms with Crippen molar-refractivity contribution >= 4 is 115 Å². The summed E-state index contributed by atoms with van der Waals surface area (Å²) in [5.41, 5.74) is 14.6. The minimum absolute atomic E-state index is 1.13. The van der Waals surface area contributed by atoms with Gasteiger partial charge in [-0.3, -0.25) is 0 Å². The molecule has 0 atom stereocenters. The van der Waals surface area contributed by atoms with E-state index in [0.29, 0.717) is 0 Å². The van der Waals surface area contributed by atoms with Crippen molar-refractivity contribution in [1.82, 2.24) is 13.4 Å². The van der Waals surface area contributed by atoms with Crippen molar-refractivity contribution in [3.05, 3.63) is 194 Å². The number of benzene rings is 9. The highest BCUT2D eigenvalue weighted by molar-refractivity contribution is 6.37. The summed E-state index contributed by atoms with van der Waals surface area (Å²) in [7, 11) is 0. The molecule has 9 aromatic carbocycles. The number of rotatable bonds is 4. The average molecular weight is 737 g/mol. The summed E-state index contributed by atoms with van der Waals surface area (Å²) < 4.78 is 7.55. The van der Waals surface area contributed by atoms with Gasteiger partial charge in [0.05, 0.1) is 49.8 Å². The Bertz CT molecular complexity index is 3910. The maximum Gasteiger partial charge on any atom is 0.0641 e. The molecule has 0 aliphatic carbocycles. The van der Waals surface area contributed by atoms with Gasteiger partial charge in [0, 0.05) is 70.9 Å². The summed E-state index contributed by atoms with van der Waals surface area (Å²) in [4.78, 5) is 2.41. The van der Waals surface area contributed by atoms with Crippen LogP contribution in [-0.2, 0) is 0 Å². The van der Waals surface area contributed by atoms with E-state index in [1.54, 1.807) is 0 Å². The van der Waals surface area contributed by atoms with Crippen molar-refractivity contribution in [2.24, 2.45) is 0 Å². The molecule has 0 aliphatic heterocycles. The van der Waals surface area contributed by atoms with Gasteiger partial charge in [0.2, 0.25) is 0 Å². The maximum absolute atomic E-state index is 2.55. The van der Waals surface area contributed by atoms with E-state index >= 15 is 0 Å². The Morgan fingerprint density at radius 2 is 0.759 bits per heavy atom. The van der Waals surface area contributed by atoms with Crippen molar-refractivity contribution in [3.63, 3.8) is 0 Å². The molecule has 4 heteroatoms. The zero-order chi connectivity index (χ0) is 37.6. The standard InChI is InChI=1S/C54H32N4/c1-4-16-33(17-5-1)55(34-18-6-2-7-19-34)46-29-28-36-40-30-48-41(31-47(40)57-44-26-14-11-23-38(44)51(46)53(36)57)42-32-49-50(52-39-24-12-15-27-45(39)58(48)54(42)52)37-22-10-13-25-43(37)56(49)35-20-8-3-9-21-35/h1-32H. The molecule has 58 heavy (non-hydrogen) atoms. The molecule has 0 radical (unpaired) electrons. The third kappa shape index (κ3) is 3.70. The molecule has 0 saturated heterocycles. The zero-order valence-corrected chi connectivity index (χ0v) is 31.3. The molecular formula is C54H32N4. The number of hydrogen-bond acceptors (Lipinski definition) is 1. The summed E-state index contributed by atoms with van der Waals surface area (Å²) >= 11 is 0. The Morgan fingerprint density at radius 3 is 1.38 bits per heavy atom. The molecule has 5 aromatic heterocycles. The Kier molecular flexibility index (Phi) is 5.73. The Morgan fingerprint density at radius 1 is 0.293 bits per heavy atom. The predicted octanol–water partition coefficient (Wildman–Crippen LogP) is 14.6. The van der Waals surface area contributed by atoms with Gasteiger partial charge in [-0.1, -0.05) is 115 Å². The van der Waals surface area contributed by atoms with Crippen LogP contribution in [0.1, 0.15) is 0 Å². The summed E-state index contributed by atoms with van der Waals surface area (Å²) in [5, 5.41) is 12.8. The lowest BCUT2D eigenvalue weighted by Crippen LogP contribution is -2.10. The molecule has 14 rings (SSSR count). The number of fused-ring (bicyclic) bond motifs is 16. The third-order valence-corrected chi connectivity index (χ3v) is 12.8. The fourth-order valence-electron chi connectivity index (χ4n) is 10.6. The summed E-state index contributed by atoms with van der Waals surface area (Å²) in [6, 6.07) is 71.3. The van der Waals surface area contributed by atoms with Crippen molar-refractivity contribution < 1.29 is 0 Å². The molecule has 0 aliphatic rings. The van der Waals surface area contributed by atoms with E-state index in [4.69, 9.17) is 0 Å². The molecule has 0 saturated carbocycles. The monoisotopic (exact) mass is 736 g/mol. The largest absolute Gasteiger partial charge is 0.310 e. The Labute approximate surface area is 331 Å². The van der Waals surface area contributed by atoms with E-state index < -0.39 is 0 Å². The molecule has 5 heterocycles. The van der Waals surface area contributed by atoms with Crippen LogP contribution in [0.5, 0.6) is 0 Å². The quantitative estimate of drug-likeness (QED) is 0.176. The van der Waals surface area contributed by atoms with Gasteiger partial charge in [-0.15, -0.1) is 0 Å². The molecule has 0 unspecified atom stereocenters. The smallest absolute Gasteiger partial charge is 0.0641 e. The van der Waals surface area contributed by atoms with Gasteiger partial charge in [-0.05, 0) is 78.9 Å². The summed E-state index contributed by atoms with van der Waals surface area (Å²) in [5.74, 6) is 0. The first-order valence-electron chi connectivity index (χ1n) is 20.0. The van der Waals surface area contributed by atoms with E-state index in [0.717, 1.165) is 11.4 Å². The van der Waals surface area contributed by atoms with Gasteiger partial charge >= 0.3 is 0 Å². The van der Waals surface area contributed by atoms with Gasteiger partial charge in [0.15, 0.2) is 0 Å². The summed E-state index contributed by atoms with van der Waals surface area (Å²) in [6.07, 6.45) is 0. The number of para-hydroxylation sites is 6.